The van der Waals surface area contributed by atoms with Gasteiger partial charge in [0, 0.05) is 25.6 Å². The van der Waals surface area contributed by atoms with Crippen molar-refractivity contribution in [3.8, 4) is 0 Å². The molecule has 2 aromatic rings. The van der Waals surface area contributed by atoms with E-state index in [2.05, 4.69) is 10.1 Å². The number of pyridine rings is 1. The van der Waals surface area contributed by atoms with Crippen LogP contribution in [0.15, 0.2) is 42.9 Å². The maximum Gasteiger partial charge on any atom is 0.206 e. The molecule has 0 spiro atoms. The summed E-state index contributed by atoms with van der Waals surface area (Å²) in [7, 11) is 1.78. The maximum absolute atomic E-state index is 11.7. The predicted octanol–water partition coefficient (Wildman–Crippen LogP) is 1.71. The normalized spacial score (nSPS) is 10.8. The fourth-order valence-electron chi connectivity index (χ4n) is 1.28. The molecule has 0 saturated carbocycles. The highest BCUT2D eigenvalue weighted by Crippen LogP contribution is 2.02. The Labute approximate surface area is 93.2 Å². The van der Waals surface area contributed by atoms with E-state index in [1.807, 2.05) is 12.1 Å². The minimum Gasteiger partial charge on any atom is -0.287 e. The molecule has 2 aromatic heterocycles. The Morgan fingerprint density at radius 1 is 1.31 bits per heavy atom. The van der Waals surface area contributed by atoms with Crippen LogP contribution in [-0.4, -0.2) is 20.5 Å². The molecular weight excluding hydrogens is 202 g/mol. The van der Waals surface area contributed by atoms with Gasteiger partial charge in [0.2, 0.25) is 5.78 Å². The van der Waals surface area contributed by atoms with E-state index in [1.165, 1.54) is 6.08 Å². The summed E-state index contributed by atoms with van der Waals surface area (Å²) >= 11 is 0. The number of hydrogen-bond donors (Lipinski definition) is 0. The Balaban J connectivity index is 2.11. The third-order valence-electron chi connectivity index (χ3n) is 2.10. The van der Waals surface area contributed by atoms with Crippen molar-refractivity contribution in [1.82, 2.24) is 14.8 Å². The minimum atomic E-state index is -0.0996. The molecule has 4 heteroatoms. The monoisotopic (exact) mass is 213 g/mol. The SMILES string of the molecule is Cn1ccc(C(=O)/C=C/c2ccncc2)n1. The molecule has 80 valence electrons. The number of carbonyl (C=O) groups is 1. The van der Waals surface area contributed by atoms with E-state index in [4.69, 9.17) is 0 Å². The summed E-state index contributed by atoms with van der Waals surface area (Å²) in [6.07, 6.45) is 8.37. The van der Waals surface area contributed by atoms with Gasteiger partial charge in [0.25, 0.3) is 0 Å². The van der Waals surface area contributed by atoms with Crippen LogP contribution < -0.4 is 0 Å². The summed E-state index contributed by atoms with van der Waals surface area (Å²) in [6.45, 7) is 0. The van der Waals surface area contributed by atoms with E-state index in [1.54, 1.807) is 42.5 Å². The zero-order chi connectivity index (χ0) is 11.4. The molecule has 0 amide bonds. The number of hydrogen-bond acceptors (Lipinski definition) is 3. The highest BCUT2D eigenvalue weighted by Gasteiger charge is 2.03. The molecule has 0 atom stereocenters. The van der Waals surface area contributed by atoms with Gasteiger partial charge in [0.05, 0.1) is 0 Å². The van der Waals surface area contributed by atoms with Gasteiger partial charge in [-0.25, -0.2) is 0 Å². The first-order valence-electron chi connectivity index (χ1n) is 4.88. The number of nitrogens with zero attached hydrogens (tertiary/aromatic N) is 3. The van der Waals surface area contributed by atoms with E-state index < -0.39 is 0 Å². The van der Waals surface area contributed by atoms with Gasteiger partial charge >= 0.3 is 0 Å². The van der Waals surface area contributed by atoms with Crippen molar-refractivity contribution >= 4 is 11.9 Å². The Bertz CT molecular complexity index is 514. The van der Waals surface area contributed by atoms with E-state index >= 15 is 0 Å². The topological polar surface area (TPSA) is 47.8 Å². The van der Waals surface area contributed by atoms with Crippen molar-refractivity contribution < 1.29 is 4.79 Å². The lowest BCUT2D eigenvalue weighted by molar-refractivity contribution is 0.104. The molecule has 0 aliphatic heterocycles. The van der Waals surface area contributed by atoms with E-state index in [9.17, 15) is 4.79 Å². The first-order valence-corrected chi connectivity index (χ1v) is 4.88. The first-order chi connectivity index (χ1) is 7.75. The third kappa shape index (κ3) is 2.42. The lowest BCUT2D eigenvalue weighted by atomic mass is 10.2. The molecule has 0 aliphatic rings. The second-order valence-corrected chi connectivity index (χ2v) is 3.35. The fourth-order valence-corrected chi connectivity index (χ4v) is 1.28. The molecule has 0 unspecified atom stereocenters. The van der Waals surface area contributed by atoms with Crippen LogP contribution in [0.3, 0.4) is 0 Å². The van der Waals surface area contributed by atoms with Gasteiger partial charge in [-0.15, -0.1) is 0 Å². The van der Waals surface area contributed by atoms with Crippen LogP contribution in [0.4, 0.5) is 0 Å². The summed E-state index contributed by atoms with van der Waals surface area (Å²) in [5.74, 6) is -0.0996. The van der Waals surface area contributed by atoms with Crippen LogP contribution in [0.2, 0.25) is 0 Å². The Hall–Kier alpha value is -2.23. The zero-order valence-corrected chi connectivity index (χ0v) is 8.87. The summed E-state index contributed by atoms with van der Waals surface area (Å²) in [4.78, 5) is 15.6. The molecular formula is C12H11N3O. The van der Waals surface area contributed by atoms with Gasteiger partial charge in [0.1, 0.15) is 5.69 Å². The highest BCUT2D eigenvalue weighted by atomic mass is 16.1. The highest BCUT2D eigenvalue weighted by molar-refractivity contribution is 6.05. The Morgan fingerprint density at radius 3 is 2.69 bits per heavy atom. The molecule has 16 heavy (non-hydrogen) atoms. The van der Waals surface area contributed by atoms with Crippen LogP contribution in [0.1, 0.15) is 16.1 Å². The number of allylic oxidation sites excluding steroid dienone is 1. The van der Waals surface area contributed by atoms with Gasteiger partial charge in [0.15, 0.2) is 0 Å². The van der Waals surface area contributed by atoms with Crippen LogP contribution >= 0.6 is 0 Å². The molecule has 2 rings (SSSR count). The van der Waals surface area contributed by atoms with E-state index in [0.717, 1.165) is 5.56 Å². The predicted molar refractivity (Wildman–Crippen MR) is 60.8 cm³/mol. The van der Waals surface area contributed by atoms with Crippen LogP contribution in [0, 0.1) is 0 Å². The second-order valence-electron chi connectivity index (χ2n) is 3.35. The van der Waals surface area contributed by atoms with Gasteiger partial charge < -0.3 is 0 Å². The lowest BCUT2D eigenvalue weighted by Crippen LogP contribution is -1.97. The van der Waals surface area contributed by atoms with Gasteiger partial charge in [-0.2, -0.15) is 5.10 Å². The lowest BCUT2D eigenvalue weighted by Gasteiger charge is -1.90. The smallest absolute Gasteiger partial charge is 0.206 e. The molecule has 0 bridgehead atoms. The number of carbonyl (C=O) groups excluding carboxylic acids is 1. The number of aromatic nitrogens is 3. The average Bonchev–Trinajstić information content (AvgIpc) is 2.74. The third-order valence-corrected chi connectivity index (χ3v) is 2.10. The molecule has 0 aliphatic carbocycles. The summed E-state index contributed by atoms with van der Waals surface area (Å²) < 4.78 is 1.60. The van der Waals surface area contributed by atoms with Crippen molar-refractivity contribution in [2.24, 2.45) is 7.05 Å². The molecule has 0 N–H and O–H groups in total. The standard InChI is InChI=1S/C12H11N3O/c1-15-9-6-11(14-15)12(16)3-2-10-4-7-13-8-5-10/h2-9H,1H3/b3-2+. The maximum atomic E-state index is 11.7. The summed E-state index contributed by atoms with van der Waals surface area (Å²) in [5, 5.41) is 4.03. The van der Waals surface area contributed by atoms with Gasteiger partial charge in [-0.1, -0.05) is 6.08 Å². The first kappa shape index (κ1) is 10.3. The number of ketones is 1. The van der Waals surface area contributed by atoms with Gasteiger partial charge in [-0.3, -0.25) is 14.5 Å². The van der Waals surface area contributed by atoms with Crippen molar-refractivity contribution in [3.63, 3.8) is 0 Å². The zero-order valence-electron chi connectivity index (χ0n) is 8.87. The fraction of sp³-hybridized carbons (Fsp3) is 0.0833. The van der Waals surface area contributed by atoms with E-state index in [-0.39, 0.29) is 5.78 Å². The van der Waals surface area contributed by atoms with Crippen molar-refractivity contribution in [3.05, 3.63) is 54.1 Å². The molecule has 0 aromatic carbocycles. The summed E-state index contributed by atoms with van der Waals surface area (Å²) in [6, 6.07) is 5.36. The quantitative estimate of drug-likeness (QED) is 0.576. The van der Waals surface area contributed by atoms with E-state index in [0.29, 0.717) is 5.69 Å². The Morgan fingerprint density at radius 2 is 2.06 bits per heavy atom. The molecule has 0 radical (unpaired) electrons. The number of rotatable bonds is 3. The molecule has 4 nitrogen and oxygen atoms in total. The second kappa shape index (κ2) is 4.53. The van der Waals surface area contributed by atoms with Crippen LogP contribution in [0.25, 0.3) is 6.08 Å². The summed E-state index contributed by atoms with van der Waals surface area (Å²) in [5.41, 5.74) is 1.40. The number of aryl methyl sites for hydroxylation is 1. The molecule has 0 saturated heterocycles. The van der Waals surface area contributed by atoms with Gasteiger partial charge in [-0.05, 0) is 29.8 Å². The Kier molecular flexibility index (Phi) is 2.91. The van der Waals surface area contributed by atoms with Crippen molar-refractivity contribution in [1.29, 1.82) is 0 Å². The molecule has 0 fully saturated rings. The average molecular weight is 213 g/mol. The van der Waals surface area contributed by atoms with Crippen molar-refractivity contribution in [2.75, 3.05) is 0 Å². The van der Waals surface area contributed by atoms with Crippen molar-refractivity contribution in [2.45, 2.75) is 0 Å². The van der Waals surface area contributed by atoms with Crippen LogP contribution in [-0.2, 0) is 7.05 Å². The van der Waals surface area contributed by atoms with Crippen LogP contribution in [0.5, 0.6) is 0 Å². The minimum absolute atomic E-state index is 0.0996. The largest absolute Gasteiger partial charge is 0.287 e. The molecule has 2 heterocycles.